The third-order valence-electron chi connectivity index (χ3n) is 1.09. The average Bonchev–Trinajstić information content (AvgIpc) is 2.03. The van der Waals surface area contributed by atoms with E-state index in [2.05, 4.69) is 16.6 Å². The van der Waals surface area contributed by atoms with Gasteiger partial charge in [0.1, 0.15) is 0 Å². The Kier molecular flexibility index (Phi) is 4.90. The Balaban J connectivity index is 3.79. The number of esters is 1. The van der Waals surface area contributed by atoms with Crippen molar-refractivity contribution >= 4 is 5.97 Å². The van der Waals surface area contributed by atoms with E-state index in [0.717, 1.165) is 0 Å². The lowest BCUT2D eigenvalue weighted by molar-refractivity contribution is -0.136. The molecule has 0 atom stereocenters. The van der Waals surface area contributed by atoms with Gasteiger partial charge in [0.15, 0.2) is 0 Å². The topological polar surface area (TPSA) is 38.3 Å². The molecule has 0 spiro atoms. The number of ether oxygens (including phenoxy) is 1. The first-order chi connectivity index (χ1) is 5.22. The summed E-state index contributed by atoms with van der Waals surface area (Å²) in [6.07, 6.45) is 3.31. The summed E-state index contributed by atoms with van der Waals surface area (Å²) in [6, 6.07) is 0. The van der Waals surface area contributed by atoms with Crippen LogP contribution in [-0.2, 0) is 9.53 Å². The van der Waals surface area contributed by atoms with E-state index in [1.165, 1.54) is 7.11 Å². The number of carbonyl (C=O) groups excluding carboxylic acids is 1. The molecule has 0 aliphatic carbocycles. The molecule has 0 saturated heterocycles. The van der Waals surface area contributed by atoms with Gasteiger partial charge in [-0.25, -0.2) is 4.79 Å². The fourth-order valence-corrected chi connectivity index (χ4v) is 0.515. The second-order valence-electron chi connectivity index (χ2n) is 2.02. The predicted octanol–water partition coefficient (Wildman–Crippen LogP) is 0.839. The van der Waals surface area contributed by atoms with Gasteiger partial charge in [-0.05, 0) is 6.92 Å². The number of hydrogen-bond acceptors (Lipinski definition) is 3. The van der Waals surface area contributed by atoms with Gasteiger partial charge >= 0.3 is 5.97 Å². The van der Waals surface area contributed by atoms with E-state index < -0.39 is 0 Å². The molecular formula is C8H13NO2. The minimum Gasteiger partial charge on any atom is -0.466 e. The summed E-state index contributed by atoms with van der Waals surface area (Å²) in [5, 5.41) is 2.87. The monoisotopic (exact) mass is 155 g/mol. The smallest absolute Gasteiger partial charge is 0.334 e. The largest absolute Gasteiger partial charge is 0.466 e. The highest BCUT2D eigenvalue weighted by atomic mass is 16.5. The highest BCUT2D eigenvalue weighted by Gasteiger charge is 2.00. The second-order valence-corrected chi connectivity index (χ2v) is 2.02. The molecular weight excluding hydrogens is 142 g/mol. The molecule has 0 unspecified atom stereocenters. The number of nitrogens with one attached hydrogen (secondary N) is 1. The summed E-state index contributed by atoms with van der Waals surface area (Å²) in [6.45, 7) is 5.84. The van der Waals surface area contributed by atoms with Crippen molar-refractivity contribution in [2.24, 2.45) is 0 Å². The van der Waals surface area contributed by atoms with Gasteiger partial charge in [-0.15, -0.1) is 6.58 Å². The summed E-state index contributed by atoms with van der Waals surface area (Å²) < 4.78 is 4.47. The third kappa shape index (κ3) is 4.19. The van der Waals surface area contributed by atoms with Crippen molar-refractivity contribution in [1.29, 1.82) is 0 Å². The maximum Gasteiger partial charge on any atom is 0.334 e. The van der Waals surface area contributed by atoms with Crippen molar-refractivity contribution < 1.29 is 9.53 Å². The zero-order valence-corrected chi connectivity index (χ0v) is 6.89. The van der Waals surface area contributed by atoms with Gasteiger partial charge in [0.2, 0.25) is 0 Å². The van der Waals surface area contributed by atoms with Crippen molar-refractivity contribution in [2.45, 2.75) is 6.92 Å². The first-order valence-electron chi connectivity index (χ1n) is 3.31. The van der Waals surface area contributed by atoms with Gasteiger partial charge in [-0.2, -0.15) is 0 Å². The minimum atomic E-state index is -0.318. The highest BCUT2D eigenvalue weighted by molar-refractivity contribution is 5.87. The van der Waals surface area contributed by atoms with Crippen LogP contribution in [0.4, 0.5) is 0 Å². The lowest BCUT2D eigenvalue weighted by Crippen LogP contribution is -2.09. The van der Waals surface area contributed by atoms with Crippen molar-refractivity contribution in [3.63, 3.8) is 0 Å². The Hall–Kier alpha value is -1.25. The summed E-state index contributed by atoms with van der Waals surface area (Å²) in [5.41, 5.74) is 0.550. The number of hydrogen-bond donors (Lipinski definition) is 1. The van der Waals surface area contributed by atoms with Gasteiger partial charge in [-0.3, -0.25) is 0 Å². The van der Waals surface area contributed by atoms with E-state index in [1.54, 1.807) is 19.2 Å². The quantitative estimate of drug-likeness (QED) is 0.283. The maximum atomic E-state index is 10.7. The van der Waals surface area contributed by atoms with Crippen LogP contribution in [0.1, 0.15) is 6.92 Å². The lowest BCUT2D eigenvalue weighted by atomic mass is 10.3. The van der Waals surface area contributed by atoms with Crippen LogP contribution in [0.5, 0.6) is 0 Å². The van der Waals surface area contributed by atoms with Crippen LogP contribution in [-0.4, -0.2) is 19.6 Å². The number of rotatable bonds is 4. The fraction of sp³-hybridized carbons (Fsp3) is 0.375. The molecule has 0 aromatic carbocycles. The van der Waals surface area contributed by atoms with Crippen LogP contribution in [0.15, 0.2) is 24.4 Å². The summed E-state index contributed by atoms with van der Waals surface area (Å²) >= 11 is 0. The normalized spacial score (nSPS) is 10.5. The molecule has 0 aliphatic rings. The molecule has 0 saturated carbocycles. The maximum absolute atomic E-state index is 10.7. The highest BCUT2D eigenvalue weighted by Crippen LogP contribution is 1.91. The Morgan fingerprint density at radius 3 is 2.82 bits per heavy atom. The first-order valence-corrected chi connectivity index (χ1v) is 3.31. The van der Waals surface area contributed by atoms with Crippen LogP contribution in [0.3, 0.4) is 0 Å². The lowest BCUT2D eigenvalue weighted by Gasteiger charge is -1.98. The Morgan fingerprint density at radius 2 is 2.36 bits per heavy atom. The van der Waals surface area contributed by atoms with Crippen molar-refractivity contribution in [3.8, 4) is 0 Å². The molecule has 0 heterocycles. The zero-order chi connectivity index (χ0) is 8.69. The van der Waals surface area contributed by atoms with Gasteiger partial charge in [0.05, 0.1) is 7.11 Å². The molecule has 3 nitrogen and oxygen atoms in total. The summed E-state index contributed by atoms with van der Waals surface area (Å²) in [4.78, 5) is 10.7. The molecule has 0 fully saturated rings. The van der Waals surface area contributed by atoms with Crippen LogP contribution in [0.25, 0.3) is 0 Å². The van der Waals surface area contributed by atoms with Gasteiger partial charge in [0, 0.05) is 18.3 Å². The van der Waals surface area contributed by atoms with Crippen LogP contribution in [0, 0.1) is 0 Å². The molecule has 1 N–H and O–H groups in total. The average molecular weight is 155 g/mol. The molecule has 0 aromatic rings. The molecule has 0 radical (unpaired) electrons. The van der Waals surface area contributed by atoms with Gasteiger partial charge < -0.3 is 10.1 Å². The Bertz CT molecular complexity index is 173. The fourth-order valence-electron chi connectivity index (χ4n) is 0.515. The van der Waals surface area contributed by atoms with Crippen LogP contribution in [0.2, 0.25) is 0 Å². The molecule has 62 valence electrons. The molecule has 0 rings (SSSR count). The van der Waals surface area contributed by atoms with E-state index in [9.17, 15) is 4.79 Å². The third-order valence-corrected chi connectivity index (χ3v) is 1.09. The van der Waals surface area contributed by atoms with E-state index in [4.69, 9.17) is 0 Å². The van der Waals surface area contributed by atoms with E-state index in [1.807, 2.05) is 0 Å². The minimum absolute atomic E-state index is 0.318. The molecule has 0 bridgehead atoms. The zero-order valence-electron chi connectivity index (χ0n) is 6.89. The van der Waals surface area contributed by atoms with Crippen molar-refractivity contribution in [2.75, 3.05) is 13.7 Å². The van der Waals surface area contributed by atoms with Gasteiger partial charge in [0.25, 0.3) is 0 Å². The second kappa shape index (κ2) is 5.53. The summed E-state index contributed by atoms with van der Waals surface area (Å²) in [7, 11) is 1.35. The van der Waals surface area contributed by atoms with Crippen molar-refractivity contribution in [3.05, 3.63) is 24.4 Å². The summed E-state index contributed by atoms with van der Waals surface area (Å²) in [5.74, 6) is -0.318. The molecule has 3 heteroatoms. The SMILES string of the molecule is C=CCNC=C(C)C(=O)OC. The van der Waals surface area contributed by atoms with Crippen LogP contribution >= 0.6 is 0 Å². The molecule has 0 aliphatic heterocycles. The van der Waals surface area contributed by atoms with E-state index >= 15 is 0 Å². The predicted molar refractivity (Wildman–Crippen MR) is 44.0 cm³/mol. The molecule has 11 heavy (non-hydrogen) atoms. The van der Waals surface area contributed by atoms with Gasteiger partial charge in [-0.1, -0.05) is 6.08 Å². The van der Waals surface area contributed by atoms with E-state index in [0.29, 0.717) is 12.1 Å². The Labute approximate surface area is 66.7 Å². The first kappa shape index (κ1) is 9.75. The number of carbonyl (C=O) groups is 1. The molecule has 0 amide bonds. The Morgan fingerprint density at radius 1 is 1.73 bits per heavy atom. The van der Waals surface area contributed by atoms with E-state index in [-0.39, 0.29) is 5.97 Å². The van der Waals surface area contributed by atoms with Crippen LogP contribution < -0.4 is 5.32 Å². The van der Waals surface area contributed by atoms with Crippen molar-refractivity contribution in [1.82, 2.24) is 5.32 Å². The number of methoxy groups -OCH3 is 1. The standard InChI is InChI=1S/C8H13NO2/c1-4-5-9-6-7(2)8(10)11-3/h4,6,9H,1,5H2,2-3H3. The molecule has 0 aromatic heterocycles.